The summed E-state index contributed by atoms with van der Waals surface area (Å²) in [5.74, 6) is -0.602. The summed E-state index contributed by atoms with van der Waals surface area (Å²) in [5.41, 5.74) is 1.29. The zero-order valence-electron chi connectivity index (χ0n) is 13.8. The summed E-state index contributed by atoms with van der Waals surface area (Å²) in [6.45, 7) is 3.14. The van der Waals surface area contributed by atoms with E-state index in [9.17, 15) is 14.3 Å². The smallest absolute Gasteiger partial charge is 0.255 e. The summed E-state index contributed by atoms with van der Waals surface area (Å²) < 4.78 is 18.7. The van der Waals surface area contributed by atoms with E-state index in [0.29, 0.717) is 26.2 Å². The number of ether oxygens (including phenoxy) is 1. The molecule has 5 nitrogen and oxygen atoms in total. The summed E-state index contributed by atoms with van der Waals surface area (Å²) in [6, 6.07) is 12.9. The first-order valence-corrected chi connectivity index (χ1v) is 8.26. The molecule has 1 atom stereocenters. The van der Waals surface area contributed by atoms with Gasteiger partial charge in [-0.25, -0.2) is 4.39 Å². The normalized spacial score (nSPS) is 18.0. The fourth-order valence-electron chi connectivity index (χ4n) is 2.86. The van der Waals surface area contributed by atoms with Crippen LogP contribution in [0.4, 0.5) is 4.39 Å². The number of hydrogen-bond acceptors (Lipinski definition) is 4. The lowest BCUT2D eigenvalue weighted by Crippen LogP contribution is -2.47. The number of nitrogens with zero attached hydrogens (tertiary/aromatic N) is 1. The minimum Gasteiger partial charge on any atom is -0.507 e. The Bertz CT molecular complexity index is 721. The van der Waals surface area contributed by atoms with Crippen LogP contribution in [0, 0.1) is 5.82 Å². The van der Waals surface area contributed by atoms with Crippen LogP contribution in [0.15, 0.2) is 48.5 Å². The second-order valence-corrected chi connectivity index (χ2v) is 6.08. The lowest BCUT2D eigenvalue weighted by atomic mass is 10.1. The average Bonchev–Trinajstić information content (AvgIpc) is 2.62. The second kappa shape index (κ2) is 8.09. The number of nitrogens with one attached hydrogen (secondary N) is 1. The number of morpholine rings is 1. The highest BCUT2D eigenvalue weighted by Gasteiger charge is 2.21. The van der Waals surface area contributed by atoms with Crippen molar-refractivity contribution in [2.75, 3.05) is 26.2 Å². The number of halogens is 1. The Morgan fingerprint density at radius 2 is 2.00 bits per heavy atom. The Hall–Kier alpha value is -2.44. The summed E-state index contributed by atoms with van der Waals surface area (Å²) in [6.07, 6.45) is -0.121. The molecule has 3 rings (SSSR count). The second-order valence-electron chi connectivity index (χ2n) is 6.08. The third-order valence-electron chi connectivity index (χ3n) is 4.18. The number of carbonyl (C=O) groups excluding carboxylic acids is 1. The molecule has 1 aliphatic rings. The molecule has 2 aromatic carbocycles. The van der Waals surface area contributed by atoms with Crippen molar-refractivity contribution in [1.82, 2.24) is 10.2 Å². The van der Waals surface area contributed by atoms with Gasteiger partial charge in [-0.15, -0.1) is 0 Å². The molecule has 1 heterocycles. The van der Waals surface area contributed by atoms with Crippen LogP contribution < -0.4 is 5.32 Å². The number of hydrogen-bond donors (Lipinski definition) is 2. The Morgan fingerprint density at radius 3 is 2.76 bits per heavy atom. The van der Waals surface area contributed by atoms with Gasteiger partial charge in [-0.1, -0.05) is 24.3 Å². The van der Waals surface area contributed by atoms with Gasteiger partial charge in [-0.05, 0) is 29.8 Å². The van der Waals surface area contributed by atoms with Crippen LogP contribution >= 0.6 is 0 Å². The third kappa shape index (κ3) is 4.78. The lowest BCUT2D eigenvalue weighted by Gasteiger charge is -2.33. The van der Waals surface area contributed by atoms with E-state index < -0.39 is 0 Å². The maximum atomic E-state index is 13.0. The topological polar surface area (TPSA) is 61.8 Å². The van der Waals surface area contributed by atoms with E-state index in [1.165, 1.54) is 18.2 Å². The first kappa shape index (κ1) is 17.4. The molecule has 6 heteroatoms. The van der Waals surface area contributed by atoms with Crippen LogP contribution in [0.25, 0.3) is 0 Å². The van der Waals surface area contributed by atoms with Gasteiger partial charge in [0.15, 0.2) is 0 Å². The van der Waals surface area contributed by atoms with Crippen molar-refractivity contribution in [2.45, 2.75) is 12.6 Å². The number of aromatic hydroxyl groups is 1. The molecule has 0 aromatic heterocycles. The van der Waals surface area contributed by atoms with Crippen LogP contribution in [0.2, 0.25) is 0 Å². The summed E-state index contributed by atoms with van der Waals surface area (Å²) >= 11 is 0. The van der Waals surface area contributed by atoms with E-state index >= 15 is 0 Å². The number of para-hydroxylation sites is 1. The van der Waals surface area contributed by atoms with Crippen molar-refractivity contribution in [3.63, 3.8) is 0 Å². The summed E-state index contributed by atoms with van der Waals surface area (Å²) in [5, 5.41) is 12.5. The van der Waals surface area contributed by atoms with E-state index in [-0.39, 0.29) is 29.1 Å². The molecule has 25 heavy (non-hydrogen) atoms. The quantitative estimate of drug-likeness (QED) is 0.873. The molecule has 0 aliphatic carbocycles. The maximum Gasteiger partial charge on any atom is 0.255 e. The summed E-state index contributed by atoms with van der Waals surface area (Å²) in [4.78, 5) is 14.4. The van der Waals surface area contributed by atoms with Gasteiger partial charge in [-0.2, -0.15) is 0 Å². The predicted octanol–water partition coefficient (Wildman–Crippen LogP) is 2.16. The Kier molecular flexibility index (Phi) is 5.63. The molecular formula is C19H21FN2O3. The van der Waals surface area contributed by atoms with E-state index in [4.69, 9.17) is 4.74 Å². The molecule has 1 saturated heterocycles. The molecule has 132 valence electrons. The largest absolute Gasteiger partial charge is 0.507 e. The number of amides is 1. The van der Waals surface area contributed by atoms with Crippen molar-refractivity contribution in [1.29, 1.82) is 0 Å². The average molecular weight is 344 g/mol. The first-order chi connectivity index (χ1) is 12.1. The molecule has 1 aliphatic heterocycles. The Balaban J connectivity index is 1.51. The Labute approximate surface area is 146 Å². The SMILES string of the molecule is O=C(NCC1CN(Cc2ccc(F)cc2)CCO1)c1ccccc1O. The monoisotopic (exact) mass is 344 g/mol. The molecule has 2 aromatic rings. The van der Waals surface area contributed by atoms with Gasteiger partial charge in [0.25, 0.3) is 5.91 Å². The highest BCUT2D eigenvalue weighted by atomic mass is 19.1. The number of phenolic OH excluding ortho intramolecular Hbond substituents is 1. The summed E-state index contributed by atoms with van der Waals surface area (Å²) in [7, 11) is 0. The van der Waals surface area contributed by atoms with Gasteiger partial charge < -0.3 is 15.2 Å². The third-order valence-corrected chi connectivity index (χ3v) is 4.18. The van der Waals surface area contributed by atoms with Crippen LogP contribution in [-0.4, -0.2) is 48.3 Å². The van der Waals surface area contributed by atoms with Crippen molar-refractivity contribution in [3.8, 4) is 5.75 Å². The van der Waals surface area contributed by atoms with E-state index in [1.807, 2.05) is 0 Å². The van der Waals surface area contributed by atoms with E-state index in [0.717, 1.165) is 12.1 Å². The number of rotatable bonds is 5. The zero-order chi connectivity index (χ0) is 17.6. The Morgan fingerprint density at radius 1 is 1.24 bits per heavy atom. The van der Waals surface area contributed by atoms with Crippen molar-refractivity contribution in [3.05, 3.63) is 65.5 Å². The van der Waals surface area contributed by atoms with E-state index in [1.54, 1.807) is 30.3 Å². The van der Waals surface area contributed by atoms with Crippen LogP contribution in [-0.2, 0) is 11.3 Å². The first-order valence-electron chi connectivity index (χ1n) is 8.26. The molecule has 2 N–H and O–H groups in total. The number of phenols is 1. The molecule has 1 unspecified atom stereocenters. The molecule has 0 radical (unpaired) electrons. The fraction of sp³-hybridized carbons (Fsp3) is 0.316. The minimum atomic E-state index is -0.322. The number of carbonyl (C=O) groups is 1. The van der Waals surface area contributed by atoms with Crippen LogP contribution in [0.3, 0.4) is 0 Å². The molecule has 0 spiro atoms. The van der Waals surface area contributed by atoms with Gasteiger partial charge in [0.1, 0.15) is 11.6 Å². The van der Waals surface area contributed by atoms with Gasteiger partial charge in [0.05, 0.1) is 18.3 Å². The predicted molar refractivity (Wildman–Crippen MR) is 91.9 cm³/mol. The van der Waals surface area contributed by atoms with Gasteiger partial charge >= 0.3 is 0 Å². The standard InChI is InChI=1S/C19H21FN2O3/c20-15-7-5-14(6-8-15)12-22-9-10-25-16(13-22)11-21-19(24)17-3-1-2-4-18(17)23/h1-8,16,23H,9-13H2,(H,21,24). The van der Waals surface area contributed by atoms with Gasteiger partial charge in [0.2, 0.25) is 0 Å². The number of benzene rings is 2. The minimum absolute atomic E-state index is 0.0394. The van der Waals surface area contributed by atoms with Gasteiger partial charge in [-0.3, -0.25) is 9.69 Å². The van der Waals surface area contributed by atoms with Crippen molar-refractivity contribution < 1.29 is 19.0 Å². The van der Waals surface area contributed by atoms with Crippen molar-refractivity contribution in [2.24, 2.45) is 0 Å². The zero-order valence-corrected chi connectivity index (χ0v) is 13.8. The molecule has 0 bridgehead atoms. The van der Waals surface area contributed by atoms with Gasteiger partial charge in [0, 0.05) is 26.2 Å². The highest BCUT2D eigenvalue weighted by molar-refractivity contribution is 5.96. The van der Waals surface area contributed by atoms with Crippen molar-refractivity contribution >= 4 is 5.91 Å². The van der Waals surface area contributed by atoms with E-state index in [2.05, 4.69) is 10.2 Å². The molecular weight excluding hydrogens is 323 g/mol. The molecule has 0 saturated carbocycles. The van der Waals surface area contributed by atoms with Crippen LogP contribution in [0.1, 0.15) is 15.9 Å². The maximum absolute atomic E-state index is 13.0. The van der Waals surface area contributed by atoms with Crippen LogP contribution in [0.5, 0.6) is 5.75 Å². The molecule has 1 fully saturated rings. The fourth-order valence-corrected chi connectivity index (χ4v) is 2.86. The molecule has 1 amide bonds. The highest BCUT2D eigenvalue weighted by Crippen LogP contribution is 2.15. The lowest BCUT2D eigenvalue weighted by molar-refractivity contribution is -0.0292.